The number of hydrazine groups is 1. The summed E-state index contributed by atoms with van der Waals surface area (Å²) in [5.74, 6) is 3.76. The Morgan fingerprint density at radius 3 is 2.33 bits per heavy atom. The molecule has 4 N–H and O–H groups in total. The van der Waals surface area contributed by atoms with Crippen molar-refractivity contribution >= 4 is 11.8 Å². The first kappa shape index (κ1) is 10.9. The summed E-state index contributed by atoms with van der Waals surface area (Å²) in [4.78, 5) is 21.3. The van der Waals surface area contributed by atoms with Gasteiger partial charge in [-0.3, -0.25) is 15.0 Å². The zero-order valence-electron chi connectivity index (χ0n) is 7.39. The van der Waals surface area contributed by atoms with Crippen molar-refractivity contribution < 1.29 is 9.59 Å². The summed E-state index contributed by atoms with van der Waals surface area (Å²) in [6.07, 6.45) is 0.851. The topological polar surface area (TPSA) is 84.2 Å². The fourth-order valence-electron chi connectivity index (χ4n) is 0.620. The Hall–Kier alpha value is -1.10. The van der Waals surface area contributed by atoms with E-state index < -0.39 is 11.8 Å². The monoisotopic (exact) mass is 173 g/mol. The van der Waals surface area contributed by atoms with Gasteiger partial charge in [0, 0.05) is 6.54 Å². The molecule has 0 aliphatic carbocycles. The fourth-order valence-corrected chi connectivity index (χ4v) is 0.620. The molecule has 0 saturated heterocycles. The molecule has 5 nitrogen and oxygen atoms in total. The van der Waals surface area contributed by atoms with E-state index in [-0.39, 0.29) is 0 Å². The normalized spacial score (nSPS) is 9.67. The highest BCUT2D eigenvalue weighted by Crippen LogP contribution is 1.95. The van der Waals surface area contributed by atoms with Crippen LogP contribution in [-0.2, 0) is 9.59 Å². The quantitative estimate of drug-likeness (QED) is 0.225. The minimum atomic E-state index is -0.807. The number of nitrogens with two attached hydrogens (primary N) is 1. The van der Waals surface area contributed by atoms with Gasteiger partial charge in [-0.05, 0) is 12.3 Å². The highest BCUT2D eigenvalue weighted by atomic mass is 16.2. The van der Waals surface area contributed by atoms with Gasteiger partial charge in [0.15, 0.2) is 0 Å². The lowest BCUT2D eigenvalue weighted by atomic mass is 10.1. The van der Waals surface area contributed by atoms with E-state index in [4.69, 9.17) is 5.84 Å². The second kappa shape index (κ2) is 5.54. The second-order valence-corrected chi connectivity index (χ2v) is 2.91. The molecule has 0 aliphatic heterocycles. The van der Waals surface area contributed by atoms with Crippen molar-refractivity contribution in [2.45, 2.75) is 20.3 Å². The molecule has 0 fully saturated rings. The molecule has 12 heavy (non-hydrogen) atoms. The number of carbonyl (C=O) groups is 2. The van der Waals surface area contributed by atoms with Crippen LogP contribution < -0.4 is 16.6 Å². The molecule has 0 heterocycles. The van der Waals surface area contributed by atoms with Gasteiger partial charge in [0.25, 0.3) is 0 Å². The van der Waals surface area contributed by atoms with Crippen molar-refractivity contribution in [3.05, 3.63) is 0 Å². The van der Waals surface area contributed by atoms with Crippen LogP contribution in [0.5, 0.6) is 0 Å². The average Bonchev–Trinajstić information content (AvgIpc) is 2.02. The molecular weight excluding hydrogens is 158 g/mol. The predicted molar refractivity (Wildman–Crippen MR) is 44.8 cm³/mol. The molecule has 0 unspecified atom stereocenters. The average molecular weight is 173 g/mol. The van der Waals surface area contributed by atoms with Gasteiger partial charge >= 0.3 is 11.8 Å². The van der Waals surface area contributed by atoms with Crippen LogP contribution in [-0.4, -0.2) is 18.4 Å². The third kappa shape index (κ3) is 4.68. The molecule has 0 rings (SSSR count). The van der Waals surface area contributed by atoms with Crippen molar-refractivity contribution in [1.29, 1.82) is 0 Å². The van der Waals surface area contributed by atoms with Crippen molar-refractivity contribution in [2.75, 3.05) is 6.54 Å². The number of nitrogens with one attached hydrogen (secondary N) is 2. The van der Waals surface area contributed by atoms with Gasteiger partial charge in [-0.1, -0.05) is 13.8 Å². The SMILES string of the molecule is CC(C)CCNC(=O)C(=O)NN. The van der Waals surface area contributed by atoms with Crippen LogP contribution in [0, 0.1) is 5.92 Å². The van der Waals surface area contributed by atoms with Crippen molar-refractivity contribution in [2.24, 2.45) is 11.8 Å². The van der Waals surface area contributed by atoms with E-state index in [1.807, 2.05) is 13.8 Å². The summed E-state index contributed by atoms with van der Waals surface area (Å²) in [6, 6.07) is 0. The van der Waals surface area contributed by atoms with E-state index in [9.17, 15) is 9.59 Å². The minimum absolute atomic E-state index is 0.504. The molecule has 0 aliphatic rings. The van der Waals surface area contributed by atoms with Gasteiger partial charge in [-0.2, -0.15) is 0 Å². The molecule has 0 spiro atoms. The van der Waals surface area contributed by atoms with Crippen LogP contribution in [0.25, 0.3) is 0 Å². The van der Waals surface area contributed by atoms with Crippen molar-refractivity contribution in [3.63, 3.8) is 0 Å². The van der Waals surface area contributed by atoms with Crippen molar-refractivity contribution in [3.8, 4) is 0 Å². The molecule has 0 saturated carbocycles. The van der Waals surface area contributed by atoms with E-state index in [2.05, 4.69) is 5.32 Å². The molecule has 5 heteroatoms. The standard InChI is InChI=1S/C7H15N3O2/c1-5(2)3-4-9-6(11)7(12)10-8/h5H,3-4,8H2,1-2H3,(H,9,11)(H,10,12). The van der Waals surface area contributed by atoms with Gasteiger partial charge in [-0.25, -0.2) is 5.84 Å². The smallest absolute Gasteiger partial charge is 0.323 e. The molecule has 2 amide bonds. The summed E-state index contributed by atoms with van der Waals surface area (Å²) < 4.78 is 0. The molecule has 0 aromatic heterocycles. The van der Waals surface area contributed by atoms with E-state index in [1.54, 1.807) is 5.43 Å². The van der Waals surface area contributed by atoms with Gasteiger partial charge in [0.05, 0.1) is 0 Å². The van der Waals surface area contributed by atoms with Crippen LogP contribution in [0.1, 0.15) is 20.3 Å². The number of rotatable bonds is 3. The summed E-state index contributed by atoms with van der Waals surface area (Å²) in [5, 5.41) is 2.43. The summed E-state index contributed by atoms with van der Waals surface area (Å²) in [7, 11) is 0. The van der Waals surface area contributed by atoms with Crippen molar-refractivity contribution in [1.82, 2.24) is 10.7 Å². The molecule has 0 radical (unpaired) electrons. The number of hydrogen-bond acceptors (Lipinski definition) is 3. The maximum atomic E-state index is 10.8. The Labute approximate surface area is 71.7 Å². The highest BCUT2D eigenvalue weighted by molar-refractivity contribution is 6.34. The van der Waals surface area contributed by atoms with E-state index in [1.165, 1.54) is 0 Å². The number of amides is 2. The lowest BCUT2D eigenvalue weighted by Crippen LogP contribution is -2.43. The third-order valence-electron chi connectivity index (χ3n) is 1.34. The summed E-state index contributed by atoms with van der Waals surface area (Å²) >= 11 is 0. The first-order valence-electron chi connectivity index (χ1n) is 3.86. The van der Waals surface area contributed by atoms with Crippen LogP contribution in [0.3, 0.4) is 0 Å². The molecule has 0 aromatic rings. The summed E-state index contributed by atoms with van der Waals surface area (Å²) in [5.41, 5.74) is 1.75. The second-order valence-electron chi connectivity index (χ2n) is 2.91. The Kier molecular flexibility index (Phi) is 5.03. The van der Waals surface area contributed by atoms with Gasteiger partial charge in [0.1, 0.15) is 0 Å². The number of hydrogen-bond donors (Lipinski definition) is 3. The largest absolute Gasteiger partial charge is 0.348 e. The van der Waals surface area contributed by atoms with Gasteiger partial charge in [0.2, 0.25) is 0 Å². The maximum absolute atomic E-state index is 10.8. The lowest BCUT2D eigenvalue weighted by Gasteiger charge is -2.05. The number of carbonyl (C=O) groups excluding carboxylic acids is 2. The highest BCUT2D eigenvalue weighted by Gasteiger charge is 2.09. The van der Waals surface area contributed by atoms with E-state index >= 15 is 0 Å². The van der Waals surface area contributed by atoms with E-state index in [0.717, 1.165) is 6.42 Å². The maximum Gasteiger partial charge on any atom is 0.323 e. The van der Waals surface area contributed by atoms with Gasteiger partial charge < -0.3 is 5.32 Å². The molecular formula is C7H15N3O2. The Morgan fingerprint density at radius 1 is 1.33 bits per heavy atom. The Bertz CT molecular complexity index is 168. The predicted octanol–water partition coefficient (Wildman–Crippen LogP) is -0.861. The zero-order valence-corrected chi connectivity index (χ0v) is 7.39. The van der Waals surface area contributed by atoms with Crippen LogP contribution >= 0.6 is 0 Å². The first-order chi connectivity index (χ1) is 5.57. The molecule has 0 atom stereocenters. The molecule has 70 valence electrons. The zero-order chi connectivity index (χ0) is 9.56. The fraction of sp³-hybridized carbons (Fsp3) is 0.714. The third-order valence-corrected chi connectivity index (χ3v) is 1.34. The minimum Gasteiger partial charge on any atom is -0.348 e. The van der Waals surface area contributed by atoms with E-state index in [0.29, 0.717) is 12.5 Å². The van der Waals surface area contributed by atoms with Gasteiger partial charge in [-0.15, -0.1) is 0 Å². The first-order valence-corrected chi connectivity index (χ1v) is 3.86. The van der Waals surface area contributed by atoms with Crippen LogP contribution in [0.2, 0.25) is 0 Å². The Morgan fingerprint density at radius 2 is 1.92 bits per heavy atom. The van der Waals surface area contributed by atoms with Crippen LogP contribution in [0.4, 0.5) is 0 Å². The molecule has 0 bridgehead atoms. The molecule has 0 aromatic carbocycles. The lowest BCUT2D eigenvalue weighted by molar-refractivity contribution is -0.139. The Balaban J connectivity index is 3.51. The summed E-state index contributed by atoms with van der Waals surface area (Å²) in [6.45, 7) is 4.58. The van der Waals surface area contributed by atoms with Crippen LogP contribution in [0.15, 0.2) is 0 Å².